The molecule has 120 valence electrons. The van der Waals surface area contributed by atoms with E-state index in [2.05, 4.69) is 10.2 Å². The molecule has 0 aliphatic carbocycles. The molecule has 0 amide bonds. The summed E-state index contributed by atoms with van der Waals surface area (Å²) < 4.78 is 10.9. The first-order valence-electron chi connectivity index (χ1n) is 7.22. The Morgan fingerprint density at radius 2 is 2.08 bits per heavy atom. The topological polar surface area (TPSA) is 69.1 Å². The number of hydrogen-bond acceptors (Lipinski definition) is 7. The molecule has 0 bridgehead atoms. The fraction of sp³-hybridized carbons (Fsp3) is 0.118. The molecule has 4 rings (SSSR count). The number of thiophene rings is 1. The second kappa shape index (κ2) is 6.26. The number of thioether (sulfide) groups is 1. The van der Waals surface area contributed by atoms with Gasteiger partial charge in [0.2, 0.25) is 0 Å². The Labute approximate surface area is 145 Å². The second-order valence-corrected chi connectivity index (χ2v) is 7.10. The van der Waals surface area contributed by atoms with Crippen molar-refractivity contribution < 1.29 is 8.83 Å². The lowest BCUT2D eigenvalue weighted by atomic mass is 10.1. The molecule has 0 aliphatic heterocycles. The van der Waals surface area contributed by atoms with Crippen molar-refractivity contribution in [1.29, 1.82) is 0 Å². The Hall–Kier alpha value is -2.38. The van der Waals surface area contributed by atoms with Gasteiger partial charge in [0, 0.05) is 17.2 Å². The van der Waals surface area contributed by atoms with Crippen LogP contribution >= 0.6 is 23.1 Å². The van der Waals surface area contributed by atoms with Crippen LogP contribution < -0.4 is 5.63 Å². The predicted molar refractivity (Wildman–Crippen MR) is 94.4 cm³/mol. The van der Waals surface area contributed by atoms with Gasteiger partial charge in [0.25, 0.3) is 11.1 Å². The largest absolute Gasteiger partial charge is 0.423 e. The summed E-state index contributed by atoms with van der Waals surface area (Å²) in [6.45, 7) is 1.96. The molecule has 0 atom stereocenters. The number of aromatic nitrogens is 2. The van der Waals surface area contributed by atoms with Crippen molar-refractivity contribution in [1.82, 2.24) is 10.2 Å². The zero-order valence-electron chi connectivity index (χ0n) is 12.7. The fourth-order valence-electron chi connectivity index (χ4n) is 2.36. The third-order valence-corrected chi connectivity index (χ3v) is 5.20. The summed E-state index contributed by atoms with van der Waals surface area (Å²) in [6.07, 6.45) is 0. The van der Waals surface area contributed by atoms with Gasteiger partial charge in [-0.05, 0) is 35.6 Å². The number of aryl methyl sites for hydroxylation is 1. The summed E-state index contributed by atoms with van der Waals surface area (Å²) in [7, 11) is 0. The molecule has 0 spiro atoms. The summed E-state index contributed by atoms with van der Waals surface area (Å²) in [5, 5.41) is 11.5. The number of rotatable bonds is 4. The monoisotopic (exact) mass is 356 g/mol. The van der Waals surface area contributed by atoms with Gasteiger partial charge in [-0.3, -0.25) is 0 Å². The average molecular weight is 356 g/mol. The van der Waals surface area contributed by atoms with E-state index in [1.807, 2.05) is 42.6 Å². The molecule has 0 saturated carbocycles. The van der Waals surface area contributed by atoms with Crippen LogP contribution in [0, 0.1) is 6.92 Å². The Kier molecular flexibility index (Phi) is 3.95. The molecule has 4 aromatic rings. The smallest absolute Gasteiger partial charge is 0.336 e. The van der Waals surface area contributed by atoms with Gasteiger partial charge in [-0.15, -0.1) is 21.5 Å². The highest BCUT2D eigenvalue weighted by molar-refractivity contribution is 7.98. The number of fused-ring (bicyclic) bond motifs is 1. The maximum absolute atomic E-state index is 11.8. The molecule has 24 heavy (non-hydrogen) atoms. The van der Waals surface area contributed by atoms with Crippen LogP contribution in [-0.2, 0) is 5.75 Å². The summed E-state index contributed by atoms with van der Waals surface area (Å²) in [6, 6.07) is 11.2. The number of benzene rings is 1. The van der Waals surface area contributed by atoms with E-state index in [0.717, 1.165) is 21.4 Å². The van der Waals surface area contributed by atoms with E-state index in [1.165, 1.54) is 17.8 Å². The average Bonchev–Trinajstić information content (AvgIpc) is 3.23. The van der Waals surface area contributed by atoms with Crippen molar-refractivity contribution in [2.45, 2.75) is 17.9 Å². The van der Waals surface area contributed by atoms with E-state index in [0.29, 0.717) is 22.4 Å². The van der Waals surface area contributed by atoms with Crippen LogP contribution in [0.2, 0.25) is 0 Å². The Balaban J connectivity index is 1.60. The molecular weight excluding hydrogens is 344 g/mol. The SMILES string of the molecule is Cc1ccc2c(CSc3nnc(-c4cccs4)o3)cc(=O)oc2c1. The summed E-state index contributed by atoms with van der Waals surface area (Å²) in [5.74, 6) is 1.07. The van der Waals surface area contributed by atoms with Crippen molar-refractivity contribution in [2.75, 3.05) is 0 Å². The van der Waals surface area contributed by atoms with Gasteiger partial charge in [0.15, 0.2) is 0 Å². The van der Waals surface area contributed by atoms with Gasteiger partial charge in [-0.25, -0.2) is 4.79 Å². The number of nitrogens with zero attached hydrogens (tertiary/aromatic N) is 2. The van der Waals surface area contributed by atoms with E-state index in [1.54, 1.807) is 11.3 Å². The maximum atomic E-state index is 11.8. The van der Waals surface area contributed by atoms with Crippen molar-refractivity contribution in [2.24, 2.45) is 0 Å². The zero-order valence-corrected chi connectivity index (χ0v) is 14.3. The van der Waals surface area contributed by atoms with Crippen LogP contribution in [0.1, 0.15) is 11.1 Å². The minimum atomic E-state index is -0.353. The van der Waals surface area contributed by atoms with E-state index in [4.69, 9.17) is 8.83 Å². The second-order valence-electron chi connectivity index (χ2n) is 5.23. The van der Waals surface area contributed by atoms with Gasteiger partial charge >= 0.3 is 5.63 Å². The van der Waals surface area contributed by atoms with Crippen LogP contribution in [0.4, 0.5) is 0 Å². The molecule has 0 N–H and O–H groups in total. The minimum absolute atomic E-state index is 0.353. The standard InChI is InChI=1S/C17H12N2O3S2/c1-10-4-5-12-11(8-15(20)21-13(12)7-10)9-24-17-19-18-16(22-17)14-3-2-6-23-14/h2-8H,9H2,1H3. The van der Waals surface area contributed by atoms with Gasteiger partial charge in [0.05, 0.1) is 4.88 Å². The Morgan fingerprint density at radius 1 is 1.17 bits per heavy atom. The molecule has 0 aliphatic rings. The summed E-state index contributed by atoms with van der Waals surface area (Å²) >= 11 is 2.95. The number of hydrogen-bond donors (Lipinski definition) is 0. The molecule has 3 heterocycles. The third-order valence-electron chi connectivity index (χ3n) is 3.48. The molecule has 7 heteroatoms. The molecule has 0 fully saturated rings. The maximum Gasteiger partial charge on any atom is 0.336 e. The first-order valence-corrected chi connectivity index (χ1v) is 9.09. The van der Waals surface area contributed by atoms with E-state index in [-0.39, 0.29) is 5.63 Å². The third kappa shape index (κ3) is 3.00. The minimum Gasteiger partial charge on any atom is -0.423 e. The normalized spacial score (nSPS) is 11.2. The lowest BCUT2D eigenvalue weighted by Crippen LogP contribution is -2.00. The Morgan fingerprint density at radius 3 is 2.92 bits per heavy atom. The van der Waals surface area contributed by atoms with E-state index < -0.39 is 0 Å². The van der Waals surface area contributed by atoms with Gasteiger partial charge in [0.1, 0.15) is 5.58 Å². The van der Waals surface area contributed by atoms with E-state index in [9.17, 15) is 4.79 Å². The molecule has 0 saturated heterocycles. The molecule has 0 unspecified atom stereocenters. The van der Waals surface area contributed by atoms with Crippen LogP contribution in [0.25, 0.3) is 21.7 Å². The van der Waals surface area contributed by atoms with Gasteiger partial charge in [-0.1, -0.05) is 30.0 Å². The summed E-state index contributed by atoms with van der Waals surface area (Å²) in [5.41, 5.74) is 2.19. The van der Waals surface area contributed by atoms with Crippen LogP contribution in [0.15, 0.2) is 60.6 Å². The first-order chi connectivity index (χ1) is 11.7. The molecule has 5 nitrogen and oxygen atoms in total. The van der Waals surface area contributed by atoms with Crippen molar-refractivity contribution >= 4 is 34.1 Å². The Bertz CT molecular complexity index is 1050. The lowest BCUT2D eigenvalue weighted by Gasteiger charge is -2.04. The highest BCUT2D eigenvalue weighted by Crippen LogP contribution is 2.29. The molecule has 1 aromatic carbocycles. The first kappa shape index (κ1) is 15.2. The zero-order chi connectivity index (χ0) is 16.5. The van der Waals surface area contributed by atoms with Crippen LogP contribution in [0.3, 0.4) is 0 Å². The molecular formula is C17H12N2O3S2. The van der Waals surface area contributed by atoms with Gasteiger partial charge < -0.3 is 8.83 Å². The molecule has 3 aromatic heterocycles. The van der Waals surface area contributed by atoms with Crippen molar-refractivity contribution in [3.05, 3.63) is 63.3 Å². The molecule has 0 radical (unpaired) electrons. The van der Waals surface area contributed by atoms with Gasteiger partial charge in [-0.2, -0.15) is 0 Å². The van der Waals surface area contributed by atoms with Crippen molar-refractivity contribution in [3.8, 4) is 10.8 Å². The highest BCUT2D eigenvalue weighted by Gasteiger charge is 2.12. The quantitative estimate of drug-likeness (QED) is 0.396. The van der Waals surface area contributed by atoms with E-state index >= 15 is 0 Å². The summed E-state index contributed by atoms with van der Waals surface area (Å²) in [4.78, 5) is 12.7. The highest BCUT2D eigenvalue weighted by atomic mass is 32.2. The fourth-order valence-corrected chi connectivity index (χ4v) is 3.76. The predicted octanol–water partition coefficient (Wildman–Crippen LogP) is 4.51. The van der Waals surface area contributed by atoms with Crippen LogP contribution in [-0.4, -0.2) is 10.2 Å². The van der Waals surface area contributed by atoms with Crippen molar-refractivity contribution in [3.63, 3.8) is 0 Å². The lowest BCUT2D eigenvalue weighted by molar-refractivity contribution is 0.466. The van der Waals surface area contributed by atoms with Crippen LogP contribution in [0.5, 0.6) is 0 Å².